The predicted octanol–water partition coefficient (Wildman–Crippen LogP) is 7.47. The van der Waals surface area contributed by atoms with E-state index in [1.807, 2.05) is 6.92 Å². The first-order valence-corrected chi connectivity index (χ1v) is 13.7. The van der Waals surface area contributed by atoms with Crippen molar-refractivity contribution in [1.29, 1.82) is 0 Å². The van der Waals surface area contributed by atoms with Crippen molar-refractivity contribution in [3.05, 3.63) is 0 Å². The topological polar surface area (TPSA) is 40.5 Å². The van der Waals surface area contributed by atoms with Gasteiger partial charge in [-0.25, -0.2) is 0 Å². The molecule has 8 unspecified atom stereocenters. The highest BCUT2D eigenvalue weighted by molar-refractivity contribution is 5.13. The number of hydrogen-bond donors (Lipinski definition) is 2. The van der Waals surface area contributed by atoms with Gasteiger partial charge in [0.15, 0.2) is 0 Å². The minimum Gasteiger partial charge on any atom is -0.396 e. The molecule has 9 atom stereocenters. The standard InChI is InChI=1S/C27H50O2.C3H4/c1-7-8-9-22-21(18-28)14-17-26(5)23(22)10-11-24-25(4,15-13-20(3)29)19(2)12-16-27(24,26)6;1-3-2/h19-24,28-29H,7-18H2,1-6H3;1H,2H3/t19?,20?,21?,22?,23?,24?,25?,26-,27?;/m1./s1. The molecule has 0 aromatic rings. The smallest absolute Gasteiger partial charge is 0.0512 e. The Hall–Kier alpha value is -0.520. The zero-order chi connectivity index (χ0) is 24.2. The zero-order valence-corrected chi connectivity index (χ0v) is 22.4. The quantitative estimate of drug-likeness (QED) is 0.398. The van der Waals surface area contributed by atoms with Gasteiger partial charge in [-0.15, -0.1) is 12.3 Å². The van der Waals surface area contributed by atoms with Gasteiger partial charge in [0.1, 0.15) is 0 Å². The van der Waals surface area contributed by atoms with Crippen molar-refractivity contribution in [1.82, 2.24) is 0 Å². The second kappa shape index (κ2) is 11.3. The third-order valence-electron chi connectivity index (χ3n) is 11.1. The van der Waals surface area contributed by atoms with Gasteiger partial charge >= 0.3 is 0 Å². The van der Waals surface area contributed by atoms with Crippen LogP contribution in [0.4, 0.5) is 0 Å². The molecule has 0 spiro atoms. The monoisotopic (exact) mass is 446 g/mol. The Labute approximate surface area is 200 Å². The van der Waals surface area contributed by atoms with Crippen molar-refractivity contribution in [2.75, 3.05) is 6.61 Å². The van der Waals surface area contributed by atoms with E-state index >= 15 is 0 Å². The number of aliphatic hydroxyl groups excluding tert-OH is 2. The average molecular weight is 447 g/mol. The fraction of sp³-hybridized carbons (Fsp3) is 0.933. The SMILES string of the molecule is C#CC.CCCCC1C(CO)CC[C@]2(C)C1CCC1C(C)(CCC(C)O)C(C)CCC12C. The summed E-state index contributed by atoms with van der Waals surface area (Å²) in [5.74, 6) is 5.82. The Kier molecular flexibility index (Phi) is 9.76. The molecule has 0 radical (unpaired) electrons. The van der Waals surface area contributed by atoms with Crippen LogP contribution in [0.1, 0.15) is 119 Å². The zero-order valence-electron chi connectivity index (χ0n) is 22.4. The van der Waals surface area contributed by atoms with Crippen molar-refractivity contribution < 1.29 is 10.2 Å². The van der Waals surface area contributed by atoms with E-state index < -0.39 is 0 Å². The maximum Gasteiger partial charge on any atom is 0.0512 e. The normalized spacial score (nSPS) is 44.3. The third kappa shape index (κ3) is 4.95. The molecule has 3 aliphatic rings. The number of fused-ring (bicyclic) bond motifs is 3. The summed E-state index contributed by atoms with van der Waals surface area (Å²) >= 11 is 0. The number of unbranched alkanes of at least 4 members (excludes halogenated alkanes) is 1. The molecule has 2 N–H and O–H groups in total. The lowest BCUT2D eigenvalue weighted by Gasteiger charge is -2.69. The van der Waals surface area contributed by atoms with Gasteiger partial charge in [-0.05, 0) is 117 Å². The first-order chi connectivity index (χ1) is 15.1. The van der Waals surface area contributed by atoms with Gasteiger partial charge in [0.25, 0.3) is 0 Å². The van der Waals surface area contributed by atoms with Gasteiger partial charge in [-0.3, -0.25) is 0 Å². The van der Waals surface area contributed by atoms with E-state index in [0.717, 1.165) is 30.1 Å². The lowest BCUT2D eigenvalue weighted by Crippen LogP contribution is -2.62. The minimum atomic E-state index is -0.183. The van der Waals surface area contributed by atoms with Crippen LogP contribution in [0.15, 0.2) is 0 Å². The minimum absolute atomic E-state index is 0.183. The van der Waals surface area contributed by atoms with Crippen LogP contribution in [0, 0.1) is 58.2 Å². The highest BCUT2D eigenvalue weighted by atomic mass is 16.3. The van der Waals surface area contributed by atoms with E-state index in [1.54, 1.807) is 6.92 Å². The Morgan fingerprint density at radius 1 is 1.06 bits per heavy atom. The molecule has 0 aromatic carbocycles. The van der Waals surface area contributed by atoms with Crippen LogP contribution in [0.5, 0.6) is 0 Å². The molecule has 3 rings (SSSR count). The van der Waals surface area contributed by atoms with Gasteiger partial charge in [0, 0.05) is 6.61 Å². The van der Waals surface area contributed by atoms with E-state index in [1.165, 1.54) is 64.2 Å². The molecular formula is C30H54O2. The van der Waals surface area contributed by atoms with Gasteiger partial charge in [0.05, 0.1) is 6.10 Å². The average Bonchev–Trinajstić information content (AvgIpc) is 2.75. The fourth-order valence-corrected chi connectivity index (χ4v) is 8.74. The van der Waals surface area contributed by atoms with Crippen LogP contribution in [-0.2, 0) is 0 Å². The first-order valence-electron chi connectivity index (χ1n) is 13.7. The Balaban J connectivity index is 0.00000114. The van der Waals surface area contributed by atoms with Crippen molar-refractivity contribution in [3.8, 4) is 12.3 Å². The Morgan fingerprint density at radius 3 is 2.25 bits per heavy atom. The summed E-state index contributed by atoms with van der Waals surface area (Å²) in [6.07, 6.45) is 18.4. The van der Waals surface area contributed by atoms with E-state index in [2.05, 4.69) is 47.0 Å². The summed E-state index contributed by atoms with van der Waals surface area (Å²) < 4.78 is 0. The number of rotatable bonds is 7. The predicted molar refractivity (Wildman–Crippen MR) is 137 cm³/mol. The van der Waals surface area contributed by atoms with Crippen LogP contribution in [0.2, 0.25) is 0 Å². The summed E-state index contributed by atoms with van der Waals surface area (Å²) in [7, 11) is 0. The molecule has 0 aliphatic heterocycles. The maximum atomic E-state index is 10.1. The van der Waals surface area contributed by atoms with Gasteiger partial charge in [-0.2, -0.15) is 0 Å². The molecule has 2 nitrogen and oxygen atoms in total. The van der Waals surface area contributed by atoms with Crippen LogP contribution >= 0.6 is 0 Å². The summed E-state index contributed by atoms with van der Waals surface area (Å²) in [5.41, 5.74) is 1.16. The Bertz CT molecular complexity index is 621. The van der Waals surface area contributed by atoms with E-state index in [4.69, 9.17) is 0 Å². The molecule has 3 saturated carbocycles. The molecule has 3 fully saturated rings. The summed E-state index contributed by atoms with van der Waals surface area (Å²) in [6, 6.07) is 0. The molecule has 0 bridgehead atoms. The molecule has 186 valence electrons. The van der Waals surface area contributed by atoms with Crippen LogP contribution in [-0.4, -0.2) is 22.9 Å². The molecule has 3 aliphatic carbocycles. The Morgan fingerprint density at radius 2 is 1.69 bits per heavy atom. The van der Waals surface area contributed by atoms with E-state index in [9.17, 15) is 10.2 Å². The number of aliphatic hydroxyl groups is 2. The lowest BCUT2D eigenvalue weighted by atomic mass is 9.35. The van der Waals surface area contributed by atoms with E-state index in [0.29, 0.717) is 28.8 Å². The van der Waals surface area contributed by atoms with Crippen LogP contribution in [0.25, 0.3) is 0 Å². The van der Waals surface area contributed by atoms with Gasteiger partial charge in [0.2, 0.25) is 0 Å². The number of terminal acetylenes is 1. The van der Waals surface area contributed by atoms with Gasteiger partial charge in [-0.1, -0.05) is 47.5 Å². The second-order valence-corrected chi connectivity index (χ2v) is 12.5. The van der Waals surface area contributed by atoms with Crippen molar-refractivity contribution in [3.63, 3.8) is 0 Å². The maximum absolute atomic E-state index is 10.1. The fourth-order valence-electron chi connectivity index (χ4n) is 8.74. The largest absolute Gasteiger partial charge is 0.396 e. The second-order valence-electron chi connectivity index (χ2n) is 12.5. The molecular weight excluding hydrogens is 392 g/mol. The molecule has 2 heteroatoms. The molecule has 0 saturated heterocycles. The number of hydrogen-bond acceptors (Lipinski definition) is 2. The highest BCUT2D eigenvalue weighted by Gasteiger charge is 2.64. The highest BCUT2D eigenvalue weighted by Crippen LogP contribution is 2.72. The summed E-state index contributed by atoms with van der Waals surface area (Å²) in [5, 5.41) is 20.2. The molecule has 0 aromatic heterocycles. The van der Waals surface area contributed by atoms with Crippen molar-refractivity contribution in [2.45, 2.75) is 125 Å². The molecule has 0 amide bonds. The van der Waals surface area contributed by atoms with E-state index in [-0.39, 0.29) is 6.10 Å². The lowest BCUT2D eigenvalue weighted by molar-refractivity contribution is -0.209. The van der Waals surface area contributed by atoms with Crippen molar-refractivity contribution in [2.24, 2.45) is 45.8 Å². The van der Waals surface area contributed by atoms with Crippen molar-refractivity contribution >= 4 is 0 Å². The molecule has 32 heavy (non-hydrogen) atoms. The van der Waals surface area contributed by atoms with Crippen LogP contribution in [0.3, 0.4) is 0 Å². The summed E-state index contributed by atoms with van der Waals surface area (Å²) in [4.78, 5) is 0. The molecule has 0 heterocycles. The summed E-state index contributed by atoms with van der Waals surface area (Å²) in [6.45, 7) is 16.7. The first kappa shape index (κ1) is 27.7. The van der Waals surface area contributed by atoms with Crippen LogP contribution < -0.4 is 0 Å². The van der Waals surface area contributed by atoms with Gasteiger partial charge < -0.3 is 10.2 Å². The third-order valence-corrected chi connectivity index (χ3v) is 11.1.